The molecule has 2 rings (SSSR count). The molecule has 0 atom stereocenters. The first-order valence-corrected chi connectivity index (χ1v) is 9.03. The maximum atomic E-state index is 8.13. The van der Waals surface area contributed by atoms with Crippen LogP contribution in [0.5, 0.6) is 0 Å². The minimum absolute atomic E-state index is 0. The third-order valence-corrected chi connectivity index (χ3v) is 6.95. The summed E-state index contributed by atoms with van der Waals surface area (Å²) in [6.07, 6.45) is 3.49. The van der Waals surface area contributed by atoms with Gasteiger partial charge in [-0.2, -0.15) is 0 Å². The van der Waals surface area contributed by atoms with Gasteiger partial charge in [0, 0.05) is 0 Å². The second-order valence-electron chi connectivity index (χ2n) is 2.71. The van der Waals surface area contributed by atoms with E-state index in [0.717, 1.165) is 7.82 Å². The fraction of sp³-hybridized carbons (Fsp3) is 0. The Hall–Kier alpha value is -0.870. The standard InChI is InChI=1S/2C5H4N.ClH.HN.Ta/c2*1-2-4-6-5-3-1;;;/h2*1-4H;2*1H;/q;;;;+1/p-1. The molecule has 2 aromatic heterocycles. The third-order valence-electron chi connectivity index (χ3n) is 1.76. The Morgan fingerprint density at radius 2 is 1.33 bits per heavy atom. The minimum atomic E-state index is -2.55. The van der Waals surface area contributed by atoms with Crippen molar-refractivity contribution in [2.45, 2.75) is 0 Å². The van der Waals surface area contributed by atoms with Crippen LogP contribution in [-0.2, 0) is 18.3 Å². The number of aromatic nitrogens is 2. The molecule has 0 saturated heterocycles. The van der Waals surface area contributed by atoms with Crippen LogP contribution in [-0.4, -0.2) is 9.97 Å². The molecule has 0 amide bonds. The van der Waals surface area contributed by atoms with Crippen LogP contribution in [0.25, 0.3) is 0 Å². The Balaban J connectivity index is 0.00000112. The Bertz CT molecular complexity index is 391. The van der Waals surface area contributed by atoms with Gasteiger partial charge >= 0.3 is 88.6 Å². The average molecular weight is 388 g/mol. The number of pyridine rings is 2. The topological polar surface area (TPSA) is 49.6 Å². The zero-order valence-electron chi connectivity index (χ0n) is 7.84. The van der Waals surface area contributed by atoms with Crippen LogP contribution >= 0.6 is 0 Å². The van der Waals surface area contributed by atoms with E-state index < -0.39 is 18.3 Å². The van der Waals surface area contributed by atoms with Gasteiger partial charge in [0.1, 0.15) is 0 Å². The average Bonchev–Trinajstić information content (AvgIpc) is 2.30. The van der Waals surface area contributed by atoms with Crippen LogP contribution in [0.2, 0.25) is 0 Å². The zero-order valence-corrected chi connectivity index (χ0v) is 11.8. The SMILES string of the molecule is [Cl-].[NH]=[Ta+]([c]1ccccn1)[c]1ccccn1. The summed E-state index contributed by atoms with van der Waals surface area (Å²) in [5.74, 6) is 0. The van der Waals surface area contributed by atoms with E-state index in [1.54, 1.807) is 12.4 Å². The summed E-state index contributed by atoms with van der Waals surface area (Å²) in [4.78, 5) is 8.44. The summed E-state index contributed by atoms with van der Waals surface area (Å²) in [6, 6.07) is 11.5. The molecule has 76 valence electrons. The summed E-state index contributed by atoms with van der Waals surface area (Å²) in [5, 5.41) is 0. The van der Waals surface area contributed by atoms with Gasteiger partial charge in [-0.25, -0.2) is 0 Å². The molecule has 0 aliphatic carbocycles. The number of hydrogen-bond acceptors (Lipinski definition) is 3. The van der Waals surface area contributed by atoms with E-state index in [-0.39, 0.29) is 12.4 Å². The van der Waals surface area contributed by atoms with Gasteiger partial charge in [0.05, 0.1) is 0 Å². The van der Waals surface area contributed by atoms with Gasteiger partial charge in [-0.3, -0.25) is 0 Å². The summed E-state index contributed by atoms with van der Waals surface area (Å²) in [5.41, 5.74) is 0. The van der Waals surface area contributed by atoms with Gasteiger partial charge < -0.3 is 12.4 Å². The molecule has 0 radical (unpaired) electrons. The number of halogens is 1. The zero-order chi connectivity index (χ0) is 9.80. The van der Waals surface area contributed by atoms with Crippen LogP contribution < -0.4 is 20.2 Å². The van der Waals surface area contributed by atoms with Crippen LogP contribution in [0, 0.1) is 3.76 Å². The molecule has 0 unspecified atom stereocenters. The molecule has 0 saturated carbocycles. The summed E-state index contributed by atoms with van der Waals surface area (Å²) >= 11 is -2.55. The van der Waals surface area contributed by atoms with Crippen LogP contribution in [0.15, 0.2) is 48.8 Å². The first-order chi connectivity index (χ1) is 6.88. The van der Waals surface area contributed by atoms with Crippen molar-refractivity contribution in [1.29, 1.82) is 3.76 Å². The molecule has 0 fully saturated rings. The van der Waals surface area contributed by atoms with E-state index >= 15 is 0 Å². The first-order valence-electron chi connectivity index (χ1n) is 4.21. The van der Waals surface area contributed by atoms with Gasteiger partial charge in [-0.05, 0) is 0 Å². The number of nitrogens with zero attached hydrogens (tertiary/aromatic N) is 2. The molecule has 0 bridgehead atoms. The summed E-state index contributed by atoms with van der Waals surface area (Å²) in [6.45, 7) is 0. The summed E-state index contributed by atoms with van der Waals surface area (Å²) in [7, 11) is 0. The first kappa shape index (κ1) is 12.2. The monoisotopic (exact) mass is 387 g/mol. The van der Waals surface area contributed by atoms with Gasteiger partial charge in [-0.1, -0.05) is 0 Å². The molecule has 1 N–H and O–H groups in total. The second kappa shape index (κ2) is 5.88. The van der Waals surface area contributed by atoms with Crippen molar-refractivity contribution in [2.75, 3.05) is 0 Å². The summed E-state index contributed by atoms with van der Waals surface area (Å²) < 4.78 is 10.00. The van der Waals surface area contributed by atoms with Gasteiger partial charge in [0.25, 0.3) is 0 Å². The Kier molecular flexibility index (Phi) is 4.78. The molecule has 5 heteroatoms. The number of rotatable bonds is 2. The number of hydrogen-bond donors (Lipinski definition) is 1. The Labute approximate surface area is 101 Å². The van der Waals surface area contributed by atoms with E-state index in [0.29, 0.717) is 0 Å². The molecule has 2 aromatic rings. The van der Waals surface area contributed by atoms with E-state index in [1.807, 2.05) is 36.4 Å². The molecule has 3 nitrogen and oxygen atoms in total. The van der Waals surface area contributed by atoms with Crippen molar-refractivity contribution in [3.05, 3.63) is 48.8 Å². The van der Waals surface area contributed by atoms with Crippen LogP contribution in [0.3, 0.4) is 0 Å². The molecular weight excluding hydrogens is 379 g/mol. The molecule has 0 spiro atoms. The van der Waals surface area contributed by atoms with E-state index in [9.17, 15) is 0 Å². The third kappa shape index (κ3) is 3.04. The van der Waals surface area contributed by atoms with Crippen molar-refractivity contribution >= 4 is 7.82 Å². The predicted octanol–water partition coefficient (Wildman–Crippen LogP) is -2.19. The van der Waals surface area contributed by atoms with Gasteiger partial charge in [0.2, 0.25) is 0 Å². The quantitative estimate of drug-likeness (QED) is 0.637. The van der Waals surface area contributed by atoms with Crippen molar-refractivity contribution in [1.82, 2.24) is 9.97 Å². The second-order valence-corrected chi connectivity index (χ2v) is 8.41. The molecule has 15 heavy (non-hydrogen) atoms. The van der Waals surface area contributed by atoms with Crippen LogP contribution in [0.4, 0.5) is 0 Å². The molecular formula is C10H9ClN3Ta. The molecule has 2 heterocycles. The van der Waals surface area contributed by atoms with Crippen LogP contribution in [0.1, 0.15) is 0 Å². The Morgan fingerprint density at radius 3 is 1.67 bits per heavy atom. The normalized spacial score (nSPS) is 9.07. The van der Waals surface area contributed by atoms with E-state index in [4.69, 9.17) is 3.76 Å². The van der Waals surface area contributed by atoms with Gasteiger partial charge in [0.15, 0.2) is 0 Å². The predicted molar refractivity (Wildman–Crippen MR) is 50.5 cm³/mol. The van der Waals surface area contributed by atoms with Crippen molar-refractivity contribution in [3.8, 4) is 0 Å². The maximum absolute atomic E-state index is 8.13. The van der Waals surface area contributed by atoms with E-state index in [2.05, 4.69) is 9.97 Å². The fourth-order valence-electron chi connectivity index (χ4n) is 1.09. The molecule has 0 aliphatic heterocycles. The van der Waals surface area contributed by atoms with Crippen molar-refractivity contribution in [3.63, 3.8) is 0 Å². The van der Waals surface area contributed by atoms with Crippen molar-refractivity contribution in [2.24, 2.45) is 0 Å². The van der Waals surface area contributed by atoms with E-state index in [1.165, 1.54) is 0 Å². The number of nitrogens with one attached hydrogen (secondary N) is 1. The fourth-order valence-corrected chi connectivity index (χ4v) is 4.93. The van der Waals surface area contributed by atoms with Crippen molar-refractivity contribution < 1.29 is 30.7 Å². The van der Waals surface area contributed by atoms with Gasteiger partial charge in [-0.15, -0.1) is 0 Å². The Morgan fingerprint density at radius 1 is 0.867 bits per heavy atom. The molecule has 0 aliphatic rings. The molecule has 0 aromatic carbocycles.